The van der Waals surface area contributed by atoms with E-state index in [0.29, 0.717) is 0 Å². The van der Waals surface area contributed by atoms with Crippen LogP contribution in [0.2, 0.25) is 0 Å². The Balaban J connectivity index is 3.96. The van der Waals surface area contributed by atoms with Gasteiger partial charge >= 0.3 is 5.97 Å². The van der Waals surface area contributed by atoms with Crippen molar-refractivity contribution in [1.29, 1.82) is 0 Å². The zero-order valence-electron chi connectivity index (χ0n) is 9.09. The number of esters is 1. The van der Waals surface area contributed by atoms with Crippen molar-refractivity contribution in [3.63, 3.8) is 0 Å². The van der Waals surface area contributed by atoms with Crippen LogP contribution in [0.1, 0.15) is 20.8 Å². The quantitative estimate of drug-likeness (QED) is 0.610. The molecule has 0 saturated carbocycles. The van der Waals surface area contributed by atoms with Gasteiger partial charge in [-0.2, -0.15) is 0 Å². The SMILES string of the molecule is COC(=O)C(C)CNC(=O)C(C)(C)N. The predicted octanol–water partition coefficient (Wildman–Crippen LogP) is -0.351. The van der Waals surface area contributed by atoms with Gasteiger partial charge in [-0.25, -0.2) is 0 Å². The summed E-state index contributed by atoms with van der Waals surface area (Å²) in [5, 5.41) is 2.57. The van der Waals surface area contributed by atoms with Crippen LogP contribution in [-0.4, -0.2) is 31.1 Å². The summed E-state index contributed by atoms with van der Waals surface area (Å²) in [6.45, 7) is 5.12. The van der Waals surface area contributed by atoms with Gasteiger partial charge in [0.2, 0.25) is 5.91 Å². The van der Waals surface area contributed by atoms with Gasteiger partial charge in [0.25, 0.3) is 0 Å². The van der Waals surface area contributed by atoms with Crippen LogP contribution in [0.15, 0.2) is 0 Å². The van der Waals surface area contributed by atoms with E-state index in [1.165, 1.54) is 7.11 Å². The van der Waals surface area contributed by atoms with Crippen LogP contribution < -0.4 is 11.1 Å². The Labute approximate surface area is 84.0 Å². The summed E-state index contributed by atoms with van der Waals surface area (Å²) in [6, 6.07) is 0. The van der Waals surface area contributed by atoms with Crippen molar-refractivity contribution in [3.05, 3.63) is 0 Å². The van der Waals surface area contributed by atoms with Gasteiger partial charge in [-0.15, -0.1) is 0 Å². The third-order valence-corrected chi connectivity index (χ3v) is 1.76. The molecule has 82 valence electrons. The molecule has 5 heteroatoms. The van der Waals surface area contributed by atoms with E-state index in [4.69, 9.17) is 5.73 Å². The molecule has 0 rings (SSSR count). The number of carbonyl (C=O) groups is 2. The lowest BCUT2D eigenvalue weighted by molar-refractivity contribution is -0.144. The molecule has 0 saturated heterocycles. The van der Waals surface area contributed by atoms with E-state index in [9.17, 15) is 9.59 Å². The first kappa shape index (κ1) is 12.9. The van der Waals surface area contributed by atoms with Crippen molar-refractivity contribution in [2.45, 2.75) is 26.3 Å². The Morgan fingerprint density at radius 3 is 2.36 bits per heavy atom. The maximum absolute atomic E-state index is 11.3. The number of carbonyl (C=O) groups excluding carboxylic acids is 2. The highest BCUT2D eigenvalue weighted by Crippen LogP contribution is 1.99. The highest BCUT2D eigenvalue weighted by Gasteiger charge is 2.23. The molecule has 0 bridgehead atoms. The zero-order chi connectivity index (χ0) is 11.4. The number of nitrogens with one attached hydrogen (secondary N) is 1. The summed E-state index contributed by atoms with van der Waals surface area (Å²) in [5.41, 5.74) is 4.62. The largest absolute Gasteiger partial charge is 0.469 e. The van der Waals surface area contributed by atoms with Crippen molar-refractivity contribution < 1.29 is 14.3 Å². The number of hydrogen-bond donors (Lipinski definition) is 2. The number of amides is 1. The maximum atomic E-state index is 11.3. The van der Waals surface area contributed by atoms with Gasteiger partial charge in [0.05, 0.1) is 18.6 Å². The first-order chi connectivity index (χ1) is 6.29. The number of rotatable bonds is 4. The van der Waals surface area contributed by atoms with Crippen LogP contribution in [-0.2, 0) is 14.3 Å². The highest BCUT2D eigenvalue weighted by atomic mass is 16.5. The predicted molar refractivity (Wildman–Crippen MR) is 52.5 cm³/mol. The number of nitrogens with two attached hydrogens (primary N) is 1. The van der Waals surface area contributed by atoms with Gasteiger partial charge in [-0.1, -0.05) is 6.92 Å². The summed E-state index contributed by atoms with van der Waals surface area (Å²) in [5.74, 6) is -0.986. The lowest BCUT2D eigenvalue weighted by Crippen LogP contribution is -2.50. The minimum Gasteiger partial charge on any atom is -0.469 e. The zero-order valence-corrected chi connectivity index (χ0v) is 9.09. The number of ether oxygens (including phenoxy) is 1. The topological polar surface area (TPSA) is 81.4 Å². The summed E-state index contributed by atoms with van der Waals surface area (Å²) >= 11 is 0. The minimum atomic E-state index is -0.921. The molecule has 0 heterocycles. The fraction of sp³-hybridized carbons (Fsp3) is 0.778. The Hall–Kier alpha value is -1.10. The van der Waals surface area contributed by atoms with Crippen LogP contribution in [0.25, 0.3) is 0 Å². The van der Waals surface area contributed by atoms with Crippen molar-refractivity contribution in [2.24, 2.45) is 11.7 Å². The van der Waals surface area contributed by atoms with Crippen molar-refractivity contribution in [2.75, 3.05) is 13.7 Å². The lowest BCUT2D eigenvalue weighted by atomic mass is 10.1. The fourth-order valence-corrected chi connectivity index (χ4v) is 0.758. The average Bonchev–Trinajstić information content (AvgIpc) is 2.10. The molecule has 1 atom stereocenters. The number of hydrogen-bond acceptors (Lipinski definition) is 4. The standard InChI is InChI=1S/C9H18N2O3/c1-6(7(12)14-4)5-11-8(13)9(2,3)10/h6H,5,10H2,1-4H3,(H,11,13). The second kappa shape index (κ2) is 4.95. The Bertz CT molecular complexity index is 221. The molecular weight excluding hydrogens is 184 g/mol. The van der Waals surface area contributed by atoms with Gasteiger partial charge in [0.15, 0.2) is 0 Å². The van der Waals surface area contributed by atoms with E-state index in [0.717, 1.165) is 0 Å². The van der Waals surface area contributed by atoms with Crippen molar-refractivity contribution >= 4 is 11.9 Å². The summed E-state index contributed by atoms with van der Waals surface area (Å²) in [7, 11) is 1.31. The second-order valence-corrected chi connectivity index (χ2v) is 3.86. The second-order valence-electron chi connectivity index (χ2n) is 3.86. The molecule has 0 spiro atoms. The first-order valence-corrected chi connectivity index (χ1v) is 4.44. The normalized spacial score (nSPS) is 13.2. The van der Waals surface area contributed by atoms with E-state index in [1.807, 2.05) is 0 Å². The first-order valence-electron chi connectivity index (χ1n) is 4.44. The van der Waals surface area contributed by atoms with Gasteiger partial charge in [0.1, 0.15) is 0 Å². The molecule has 0 aliphatic heterocycles. The van der Waals surface area contributed by atoms with Crippen LogP contribution in [0.3, 0.4) is 0 Å². The Morgan fingerprint density at radius 1 is 1.50 bits per heavy atom. The Kier molecular flexibility index (Phi) is 4.56. The highest BCUT2D eigenvalue weighted by molar-refractivity contribution is 5.85. The van der Waals surface area contributed by atoms with E-state index in [1.54, 1.807) is 20.8 Å². The minimum absolute atomic E-state index is 0.242. The van der Waals surface area contributed by atoms with Crippen LogP contribution in [0, 0.1) is 5.92 Å². The summed E-state index contributed by atoms with van der Waals surface area (Å²) in [4.78, 5) is 22.3. The molecule has 5 nitrogen and oxygen atoms in total. The molecule has 3 N–H and O–H groups in total. The molecule has 0 aliphatic carbocycles. The van der Waals surface area contributed by atoms with E-state index >= 15 is 0 Å². The average molecular weight is 202 g/mol. The summed E-state index contributed by atoms with van der Waals surface area (Å²) < 4.78 is 4.51. The third kappa shape index (κ3) is 4.23. The van der Waals surface area contributed by atoms with Crippen molar-refractivity contribution in [3.8, 4) is 0 Å². The van der Waals surface area contributed by atoms with Gasteiger partial charge < -0.3 is 15.8 Å². The van der Waals surface area contributed by atoms with Gasteiger partial charge in [0, 0.05) is 6.54 Å². The van der Waals surface area contributed by atoms with E-state index < -0.39 is 5.54 Å². The van der Waals surface area contributed by atoms with Gasteiger partial charge in [-0.05, 0) is 13.8 Å². The van der Waals surface area contributed by atoms with Gasteiger partial charge in [-0.3, -0.25) is 9.59 Å². The Morgan fingerprint density at radius 2 is 2.00 bits per heavy atom. The molecule has 0 fully saturated rings. The molecule has 0 aromatic heterocycles. The van der Waals surface area contributed by atoms with E-state index in [2.05, 4.69) is 10.1 Å². The molecular formula is C9H18N2O3. The smallest absolute Gasteiger partial charge is 0.310 e. The molecule has 0 aliphatic rings. The van der Waals surface area contributed by atoms with Crippen LogP contribution in [0.5, 0.6) is 0 Å². The molecule has 0 aromatic carbocycles. The molecule has 14 heavy (non-hydrogen) atoms. The molecule has 0 aromatic rings. The number of methoxy groups -OCH3 is 1. The molecule has 1 unspecified atom stereocenters. The van der Waals surface area contributed by atoms with Crippen LogP contribution >= 0.6 is 0 Å². The lowest BCUT2D eigenvalue weighted by Gasteiger charge is -2.19. The molecule has 0 radical (unpaired) electrons. The fourth-order valence-electron chi connectivity index (χ4n) is 0.758. The maximum Gasteiger partial charge on any atom is 0.310 e. The molecule has 1 amide bonds. The van der Waals surface area contributed by atoms with Crippen molar-refractivity contribution in [1.82, 2.24) is 5.32 Å². The van der Waals surface area contributed by atoms with Crippen LogP contribution in [0.4, 0.5) is 0 Å². The monoisotopic (exact) mass is 202 g/mol. The van der Waals surface area contributed by atoms with E-state index in [-0.39, 0.29) is 24.3 Å². The summed E-state index contributed by atoms with van der Waals surface area (Å²) in [6.07, 6.45) is 0. The third-order valence-electron chi connectivity index (χ3n) is 1.76.